The van der Waals surface area contributed by atoms with Gasteiger partial charge in [-0.3, -0.25) is 14.3 Å². The molecule has 1 aromatic heterocycles. The van der Waals surface area contributed by atoms with Gasteiger partial charge in [0, 0.05) is 36.9 Å². The summed E-state index contributed by atoms with van der Waals surface area (Å²) in [6.45, 7) is 13.4. The predicted molar refractivity (Wildman–Crippen MR) is 172 cm³/mol. The molecule has 238 valence electrons. The highest BCUT2D eigenvalue weighted by Crippen LogP contribution is 2.39. The molecule has 1 atom stereocenters. The van der Waals surface area contributed by atoms with Crippen LogP contribution >= 0.6 is 0 Å². The van der Waals surface area contributed by atoms with Crippen LogP contribution in [0.3, 0.4) is 0 Å². The molecule has 1 unspecified atom stereocenters. The highest BCUT2D eigenvalue weighted by molar-refractivity contribution is 5.97. The molecule has 1 aliphatic heterocycles. The Balaban J connectivity index is 1.20. The molecule has 0 radical (unpaired) electrons. The Labute approximate surface area is 260 Å². The van der Waals surface area contributed by atoms with Crippen LogP contribution in [0.25, 0.3) is 11.1 Å². The summed E-state index contributed by atoms with van der Waals surface area (Å²) in [6, 6.07) is 12.2. The highest BCUT2D eigenvalue weighted by Gasteiger charge is 2.23. The number of aromatic hydroxyl groups is 1. The quantitative estimate of drug-likeness (QED) is 0.158. The molecule has 0 saturated carbocycles. The first kappa shape index (κ1) is 33.0. The van der Waals surface area contributed by atoms with E-state index in [1.165, 1.54) is 5.56 Å². The maximum Gasteiger partial charge on any atom is 0.262 e. The number of fused-ring (bicyclic) bond motifs is 1. The van der Waals surface area contributed by atoms with Crippen LogP contribution in [-0.2, 0) is 27.2 Å². The number of hydrogen-bond donors (Lipinski definition) is 3. The molecule has 2 amide bonds. The summed E-state index contributed by atoms with van der Waals surface area (Å²) in [5, 5.41) is 20.6. The standard InChI is InChI=1S/C34H47N5O5/c1-23(2)25(5)38(16-15-35-14-11-27-9-10-30(40)33-34(27)44-22-31(41)37-33)32(42)13-18-43-17-12-26-7-6-8-28(19-26)29-20-36-39(21-29)24(3)4/h6-10,19-21,23-25,35,40H,11-18,22H2,1-5H3,(H,37,41). The minimum atomic E-state index is -0.283. The van der Waals surface area contributed by atoms with Gasteiger partial charge in [0.2, 0.25) is 5.91 Å². The second kappa shape index (κ2) is 15.7. The van der Waals surface area contributed by atoms with Gasteiger partial charge in [0.1, 0.15) is 11.4 Å². The molecule has 1 aliphatic rings. The fourth-order valence-corrected chi connectivity index (χ4v) is 5.15. The first-order valence-corrected chi connectivity index (χ1v) is 15.6. The summed E-state index contributed by atoms with van der Waals surface area (Å²) in [4.78, 5) is 26.8. The van der Waals surface area contributed by atoms with Crippen molar-refractivity contribution in [3.05, 3.63) is 59.9 Å². The number of nitrogens with zero attached hydrogens (tertiary/aromatic N) is 3. The highest BCUT2D eigenvalue weighted by atomic mass is 16.5. The van der Waals surface area contributed by atoms with E-state index < -0.39 is 0 Å². The Morgan fingerprint density at radius 1 is 1.11 bits per heavy atom. The number of amides is 2. The maximum atomic E-state index is 13.2. The molecule has 4 rings (SSSR count). The second-order valence-electron chi connectivity index (χ2n) is 12.0. The van der Waals surface area contributed by atoms with Gasteiger partial charge in [-0.1, -0.05) is 44.2 Å². The van der Waals surface area contributed by atoms with E-state index in [4.69, 9.17) is 9.47 Å². The van der Waals surface area contributed by atoms with Crippen molar-refractivity contribution in [3.8, 4) is 22.6 Å². The van der Waals surface area contributed by atoms with Gasteiger partial charge < -0.3 is 30.1 Å². The number of carbonyl (C=O) groups is 2. The Morgan fingerprint density at radius 3 is 2.68 bits per heavy atom. The third kappa shape index (κ3) is 8.83. The number of ether oxygens (including phenoxy) is 2. The van der Waals surface area contributed by atoms with Gasteiger partial charge in [-0.05, 0) is 68.8 Å². The number of phenols is 1. The first-order chi connectivity index (χ1) is 21.1. The summed E-state index contributed by atoms with van der Waals surface area (Å²) < 4.78 is 13.4. The Hall–Kier alpha value is -3.89. The largest absolute Gasteiger partial charge is 0.506 e. The summed E-state index contributed by atoms with van der Waals surface area (Å²) in [6.07, 6.45) is 5.75. The van der Waals surface area contributed by atoms with Gasteiger partial charge in [-0.25, -0.2) is 0 Å². The lowest BCUT2D eigenvalue weighted by Crippen LogP contribution is -2.45. The lowest BCUT2D eigenvalue weighted by molar-refractivity contribution is -0.135. The van der Waals surface area contributed by atoms with Crippen LogP contribution in [0.2, 0.25) is 0 Å². The van der Waals surface area contributed by atoms with Crippen molar-refractivity contribution < 1.29 is 24.2 Å². The van der Waals surface area contributed by atoms with Crippen LogP contribution in [0.5, 0.6) is 11.5 Å². The maximum absolute atomic E-state index is 13.2. The molecule has 0 aliphatic carbocycles. The zero-order chi connectivity index (χ0) is 31.6. The molecule has 3 aromatic rings. The second-order valence-corrected chi connectivity index (χ2v) is 12.0. The van der Waals surface area contributed by atoms with Crippen molar-refractivity contribution in [3.63, 3.8) is 0 Å². The van der Waals surface area contributed by atoms with E-state index >= 15 is 0 Å². The fraction of sp³-hybridized carbons (Fsp3) is 0.500. The van der Waals surface area contributed by atoms with Crippen molar-refractivity contribution >= 4 is 17.5 Å². The summed E-state index contributed by atoms with van der Waals surface area (Å²) in [5.74, 6) is 0.646. The van der Waals surface area contributed by atoms with E-state index in [1.807, 2.05) is 21.8 Å². The Kier molecular flexibility index (Phi) is 11.8. The molecule has 0 fully saturated rings. The monoisotopic (exact) mass is 605 g/mol. The SMILES string of the molecule is CC(C)C(C)N(CCNCCc1ccc(O)c2c1OCC(=O)N2)C(=O)CCOCCc1cccc(-c2cnn(C(C)C)c2)c1. The number of hydrogen-bond acceptors (Lipinski definition) is 7. The molecule has 3 N–H and O–H groups in total. The van der Waals surface area contributed by atoms with Crippen molar-refractivity contribution in [1.82, 2.24) is 20.0 Å². The Bertz CT molecular complexity index is 1400. The number of rotatable bonds is 16. The van der Waals surface area contributed by atoms with Crippen LogP contribution in [-0.4, -0.2) is 77.1 Å². The minimum Gasteiger partial charge on any atom is -0.506 e. The van der Waals surface area contributed by atoms with Gasteiger partial charge in [0.05, 0.1) is 25.8 Å². The van der Waals surface area contributed by atoms with E-state index in [2.05, 4.69) is 80.8 Å². The minimum absolute atomic E-state index is 0.00860. The average Bonchev–Trinajstić information content (AvgIpc) is 3.51. The van der Waals surface area contributed by atoms with Crippen LogP contribution in [0.1, 0.15) is 58.2 Å². The third-order valence-electron chi connectivity index (χ3n) is 8.09. The number of carbonyl (C=O) groups excluding carboxylic acids is 2. The van der Waals surface area contributed by atoms with Crippen molar-refractivity contribution in [2.45, 2.75) is 66.0 Å². The van der Waals surface area contributed by atoms with Crippen LogP contribution in [0, 0.1) is 5.92 Å². The molecule has 10 nitrogen and oxygen atoms in total. The molecule has 44 heavy (non-hydrogen) atoms. The van der Waals surface area contributed by atoms with Gasteiger partial charge in [-0.15, -0.1) is 0 Å². The lowest BCUT2D eigenvalue weighted by atomic mass is 10.0. The topological polar surface area (TPSA) is 118 Å². The summed E-state index contributed by atoms with van der Waals surface area (Å²) >= 11 is 0. The van der Waals surface area contributed by atoms with Crippen LogP contribution in [0.4, 0.5) is 5.69 Å². The average molecular weight is 606 g/mol. The van der Waals surface area contributed by atoms with Gasteiger partial charge in [0.25, 0.3) is 5.91 Å². The third-order valence-corrected chi connectivity index (χ3v) is 8.09. The van der Waals surface area contributed by atoms with Crippen LogP contribution < -0.4 is 15.4 Å². The zero-order valence-electron chi connectivity index (χ0n) is 26.6. The fourth-order valence-electron chi connectivity index (χ4n) is 5.15. The molecule has 10 heteroatoms. The van der Waals surface area contributed by atoms with Crippen molar-refractivity contribution in [2.24, 2.45) is 5.92 Å². The summed E-state index contributed by atoms with van der Waals surface area (Å²) in [5.41, 5.74) is 4.66. The lowest BCUT2D eigenvalue weighted by Gasteiger charge is -2.32. The van der Waals surface area contributed by atoms with E-state index in [0.717, 1.165) is 23.1 Å². The van der Waals surface area contributed by atoms with E-state index in [9.17, 15) is 14.7 Å². The van der Waals surface area contributed by atoms with Crippen molar-refractivity contribution in [1.29, 1.82) is 0 Å². The number of nitrogens with one attached hydrogen (secondary N) is 2. The van der Waals surface area contributed by atoms with Gasteiger partial charge in [-0.2, -0.15) is 5.10 Å². The zero-order valence-corrected chi connectivity index (χ0v) is 26.6. The van der Waals surface area contributed by atoms with Gasteiger partial charge in [0.15, 0.2) is 12.4 Å². The van der Waals surface area contributed by atoms with Gasteiger partial charge >= 0.3 is 0 Å². The molecule has 2 aromatic carbocycles. The molecule has 0 bridgehead atoms. The number of phenolic OH excluding ortho intramolecular Hbond substituents is 1. The molecule has 0 spiro atoms. The number of anilines is 1. The summed E-state index contributed by atoms with van der Waals surface area (Å²) in [7, 11) is 0. The molecule has 2 heterocycles. The molecular weight excluding hydrogens is 558 g/mol. The van der Waals surface area contributed by atoms with Crippen LogP contribution in [0.15, 0.2) is 48.8 Å². The number of aromatic nitrogens is 2. The molecular formula is C34H47N5O5. The molecule has 0 saturated heterocycles. The van der Waals surface area contributed by atoms with E-state index in [1.54, 1.807) is 6.07 Å². The Morgan fingerprint density at radius 2 is 1.93 bits per heavy atom. The van der Waals surface area contributed by atoms with E-state index in [-0.39, 0.29) is 30.2 Å². The van der Waals surface area contributed by atoms with Crippen molar-refractivity contribution in [2.75, 3.05) is 44.8 Å². The predicted octanol–water partition coefficient (Wildman–Crippen LogP) is 4.82. The normalized spacial score (nSPS) is 13.5. The first-order valence-electron chi connectivity index (χ1n) is 15.6. The van der Waals surface area contributed by atoms with E-state index in [0.29, 0.717) is 69.1 Å². The number of benzene rings is 2. The smallest absolute Gasteiger partial charge is 0.262 e.